The highest BCUT2D eigenvalue weighted by molar-refractivity contribution is 6.52. The van der Waals surface area contributed by atoms with Crippen molar-refractivity contribution < 1.29 is 29.1 Å². The predicted octanol–water partition coefficient (Wildman–Crippen LogP) is -0.369. The average molecular weight is 307 g/mol. The summed E-state index contributed by atoms with van der Waals surface area (Å²) in [5.74, 6) is -2.26. The number of ketones is 1. The van der Waals surface area contributed by atoms with Crippen molar-refractivity contribution in [2.45, 2.75) is 12.7 Å². The smallest absolute Gasteiger partial charge is 0.470 e. The largest absolute Gasteiger partial charge is 0.501 e. The number of rotatable bonds is 4. The number of ether oxygens (including phenoxy) is 2. The van der Waals surface area contributed by atoms with Crippen molar-refractivity contribution >= 4 is 18.9 Å². The van der Waals surface area contributed by atoms with E-state index in [9.17, 15) is 19.6 Å². The standard InChI is InChI=1S/C14H18BNO6/c1-4-16-6-8-5-10(21-2)12(15(19)20)13(17)11(8)9(7-16)14(18)22-3/h5-6,12,19-20H,4,7H2,1-3H3. The maximum Gasteiger partial charge on any atom is 0.470 e. The molecule has 1 atom stereocenters. The van der Waals surface area contributed by atoms with Crippen molar-refractivity contribution in [3.05, 3.63) is 34.8 Å². The van der Waals surface area contributed by atoms with Gasteiger partial charge in [0, 0.05) is 23.9 Å². The number of carbonyl (C=O) groups is 2. The monoisotopic (exact) mass is 307 g/mol. The summed E-state index contributed by atoms with van der Waals surface area (Å²) in [6, 6.07) is 0. The second kappa shape index (κ2) is 6.37. The molecule has 7 nitrogen and oxygen atoms in total. The highest BCUT2D eigenvalue weighted by Crippen LogP contribution is 2.38. The van der Waals surface area contributed by atoms with E-state index in [4.69, 9.17) is 9.47 Å². The maximum atomic E-state index is 12.6. The van der Waals surface area contributed by atoms with Crippen LogP contribution in [0.4, 0.5) is 0 Å². The molecule has 118 valence electrons. The Morgan fingerprint density at radius 3 is 2.64 bits per heavy atom. The van der Waals surface area contributed by atoms with Crippen LogP contribution in [0.2, 0.25) is 5.82 Å². The van der Waals surface area contributed by atoms with Crippen LogP contribution in [0.1, 0.15) is 6.92 Å². The molecule has 0 radical (unpaired) electrons. The van der Waals surface area contributed by atoms with Crippen LogP contribution in [0.5, 0.6) is 0 Å². The van der Waals surface area contributed by atoms with Gasteiger partial charge in [0.25, 0.3) is 0 Å². The quantitative estimate of drug-likeness (QED) is 0.540. The third-order valence-electron chi connectivity index (χ3n) is 3.78. The fraction of sp³-hybridized carbons (Fsp3) is 0.429. The summed E-state index contributed by atoms with van der Waals surface area (Å²) in [6.45, 7) is 2.80. The molecule has 1 heterocycles. The van der Waals surface area contributed by atoms with E-state index in [1.54, 1.807) is 12.3 Å². The normalized spacial score (nSPS) is 21.0. The third kappa shape index (κ3) is 2.67. The first-order valence-electron chi connectivity index (χ1n) is 6.88. The van der Waals surface area contributed by atoms with Crippen LogP contribution in [0.3, 0.4) is 0 Å². The Balaban J connectivity index is 2.63. The lowest BCUT2D eigenvalue weighted by Crippen LogP contribution is -2.38. The molecule has 0 saturated carbocycles. The first-order chi connectivity index (χ1) is 10.4. The highest BCUT2D eigenvalue weighted by Gasteiger charge is 2.44. The Hall–Kier alpha value is -2.06. The molecule has 2 aliphatic rings. The number of fused-ring (bicyclic) bond motifs is 1. The number of methoxy groups -OCH3 is 2. The van der Waals surface area contributed by atoms with E-state index >= 15 is 0 Å². The van der Waals surface area contributed by atoms with Crippen molar-refractivity contribution in [3.63, 3.8) is 0 Å². The van der Waals surface area contributed by atoms with Crippen molar-refractivity contribution in [2.75, 3.05) is 27.3 Å². The first kappa shape index (κ1) is 16.3. The van der Waals surface area contributed by atoms with Gasteiger partial charge in [-0.1, -0.05) is 0 Å². The molecule has 8 heteroatoms. The molecule has 1 aliphatic carbocycles. The summed E-state index contributed by atoms with van der Waals surface area (Å²) >= 11 is 0. The molecule has 1 unspecified atom stereocenters. The number of hydrogen-bond acceptors (Lipinski definition) is 7. The zero-order valence-corrected chi connectivity index (χ0v) is 12.7. The number of hydrogen-bond donors (Lipinski definition) is 2. The lowest BCUT2D eigenvalue weighted by atomic mass is 9.63. The SMILES string of the molecule is CCN1C=C2C=C(OC)C(B(O)O)C(=O)C2=C(C(=O)OC)C1. The minimum atomic E-state index is -1.91. The molecule has 0 amide bonds. The van der Waals surface area contributed by atoms with Gasteiger partial charge in [0.15, 0.2) is 5.78 Å². The van der Waals surface area contributed by atoms with E-state index in [0.29, 0.717) is 12.1 Å². The van der Waals surface area contributed by atoms with Gasteiger partial charge in [0.05, 0.1) is 26.3 Å². The topological polar surface area (TPSA) is 96.3 Å². The summed E-state index contributed by atoms with van der Waals surface area (Å²) in [4.78, 5) is 26.5. The number of nitrogens with zero attached hydrogens (tertiary/aromatic N) is 1. The van der Waals surface area contributed by atoms with E-state index in [0.717, 1.165) is 0 Å². The zero-order valence-electron chi connectivity index (χ0n) is 12.7. The highest BCUT2D eigenvalue weighted by atomic mass is 16.5. The minimum absolute atomic E-state index is 0.150. The Morgan fingerprint density at radius 1 is 1.45 bits per heavy atom. The summed E-state index contributed by atoms with van der Waals surface area (Å²) < 4.78 is 9.85. The number of carbonyl (C=O) groups excluding carboxylic acids is 2. The number of esters is 1. The minimum Gasteiger partial charge on any atom is -0.501 e. The number of likely N-dealkylation sites (N-methyl/N-ethyl adjacent to an activating group) is 1. The van der Waals surface area contributed by atoms with Gasteiger partial charge < -0.3 is 24.4 Å². The van der Waals surface area contributed by atoms with Crippen LogP contribution >= 0.6 is 0 Å². The van der Waals surface area contributed by atoms with E-state index in [2.05, 4.69) is 0 Å². The van der Waals surface area contributed by atoms with Crippen molar-refractivity contribution in [1.29, 1.82) is 0 Å². The Bertz CT molecular complexity index is 592. The van der Waals surface area contributed by atoms with Crippen molar-refractivity contribution in [1.82, 2.24) is 4.90 Å². The molecular formula is C14H18BNO6. The molecule has 1 aliphatic heterocycles. The summed E-state index contributed by atoms with van der Waals surface area (Å²) in [5.41, 5.74) is 0.881. The summed E-state index contributed by atoms with van der Waals surface area (Å²) in [6.07, 6.45) is 3.30. The van der Waals surface area contributed by atoms with Gasteiger partial charge in [0.1, 0.15) is 11.6 Å². The van der Waals surface area contributed by atoms with Crippen LogP contribution < -0.4 is 0 Å². The number of allylic oxidation sites excluding steroid dienone is 4. The molecule has 0 aromatic carbocycles. The van der Waals surface area contributed by atoms with Crippen LogP contribution in [0, 0.1) is 0 Å². The summed E-state index contributed by atoms with van der Waals surface area (Å²) in [5, 5.41) is 18.9. The molecule has 0 aromatic heterocycles. The first-order valence-corrected chi connectivity index (χ1v) is 6.88. The molecule has 0 bridgehead atoms. The lowest BCUT2D eigenvalue weighted by molar-refractivity contribution is -0.136. The van der Waals surface area contributed by atoms with E-state index in [-0.39, 0.29) is 23.5 Å². The lowest BCUT2D eigenvalue weighted by Gasteiger charge is -2.32. The molecule has 0 saturated heterocycles. The third-order valence-corrected chi connectivity index (χ3v) is 3.78. The van der Waals surface area contributed by atoms with Gasteiger partial charge in [-0.15, -0.1) is 0 Å². The van der Waals surface area contributed by atoms with E-state index in [1.807, 2.05) is 11.8 Å². The second-order valence-corrected chi connectivity index (χ2v) is 5.00. The van der Waals surface area contributed by atoms with Gasteiger partial charge in [0.2, 0.25) is 0 Å². The number of Topliss-reactive ketones (excluding diaryl/α,β-unsaturated/α-hetero) is 1. The van der Waals surface area contributed by atoms with Crippen molar-refractivity contribution in [2.24, 2.45) is 0 Å². The van der Waals surface area contributed by atoms with Crippen LogP contribution in [0.15, 0.2) is 34.8 Å². The Kier molecular flexibility index (Phi) is 4.73. The maximum absolute atomic E-state index is 12.6. The molecular weight excluding hydrogens is 289 g/mol. The second-order valence-electron chi connectivity index (χ2n) is 5.00. The fourth-order valence-corrected chi connectivity index (χ4v) is 2.65. The van der Waals surface area contributed by atoms with Crippen LogP contribution in [-0.2, 0) is 19.1 Å². The molecule has 2 N–H and O–H groups in total. The van der Waals surface area contributed by atoms with Gasteiger partial charge in [-0.25, -0.2) is 4.79 Å². The van der Waals surface area contributed by atoms with Gasteiger partial charge >= 0.3 is 13.1 Å². The Morgan fingerprint density at radius 2 is 2.14 bits per heavy atom. The van der Waals surface area contributed by atoms with Gasteiger partial charge in [-0.2, -0.15) is 0 Å². The van der Waals surface area contributed by atoms with E-state index in [1.165, 1.54) is 14.2 Å². The van der Waals surface area contributed by atoms with Gasteiger partial charge in [-0.3, -0.25) is 4.79 Å². The predicted molar refractivity (Wildman–Crippen MR) is 78.4 cm³/mol. The summed E-state index contributed by atoms with van der Waals surface area (Å²) in [7, 11) is 0.688. The van der Waals surface area contributed by atoms with Crippen LogP contribution in [0.25, 0.3) is 0 Å². The fourth-order valence-electron chi connectivity index (χ4n) is 2.65. The van der Waals surface area contributed by atoms with Crippen LogP contribution in [-0.4, -0.2) is 61.1 Å². The molecule has 22 heavy (non-hydrogen) atoms. The zero-order chi connectivity index (χ0) is 16.4. The molecule has 2 rings (SSSR count). The molecule has 0 fully saturated rings. The van der Waals surface area contributed by atoms with E-state index < -0.39 is 24.7 Å². The Labute approximate surface area is 128 Å². The van der Waals surface area contributed by atoms with Crippen molar-refractivity contribution in [3.8, 4) is 0 Å². The average Bonchev–Trinajstić information content (AvgIpc) is 2.51. The van der Waals surface area contributed by atoms with Gasteiger partial charge in [-0.05, 0) is 13.0 Å². The molecule has 0 spiro atoms. The molecule has 0 aromatic rings.